The Morgan fingerprint density at radius 2 is 1.81 bits per heavy atom. The zero-order valence-corrected chi connectivity index (χ0v) is 18.6. The molecule has 32 heavy (non-hydrogen) atoms. The number of aromatic nitrogens is 3. The van der Waals surface area contributed by atoms with Gasteiger partial charge in [0.2, 0.25) is 11.9 Å². The number of hydrogen-bond acceptors (Lipinski definition) is 7. The number of anilines is 1. The number of ether oxygens (including phenoxy) is 1. The van der Waals surface area contributed by atoms with Crippen molar-refractivity contribution in [3.63, 3.8) is 0 Å². The van der Waals surface area contributed by atoms with Crippen LogP contribution < -0.4 is 10.6 Å². The van der Waals surface area contributed by atoms with Gasteiger partial charge in [0.15, 0.2) is 0 Å². The van der Waals surface area contributed by atoms with Gasteiger partial charge in [0, 0.05) is 43.9 Å². The molecule has 0 aliphatic carbocycles. The van der Waals surface area contributed by atoms with Crippen molar-refractivity contribution < 1.29 is 9.53 Å². The molecule has 0 radical (unpaired) electrons. The number of nitrogens with two attached hydrogens (primary N) is 1. The number of hydrogen-bond donors (Lipinski definition) is 1. The van der Waals surface area contributed by atoms with E-state index in [0.717, 1.165) is 75.3 Å². The Balaban J connectivity index is 1.39. The topological polar surface area (TPSA) is 97.5 Å². The van der Waals surface area contributed by atoms with E-state index in [-0.39, 0.29) is 12.0 Å². The van der Waals surface area contributed by atoms with Crippen molar-refractivity contribution in [1.29, 1.82) is 0 Å². The minimum Gasteiger partial charge on any atom is -0.372 e. The molecule has 170 valence electrons. The smallest absolute Gasteiger partial charge is 0.238 e. The lowest BCUT2D eigenvalue weighted by Gasteiger charge is -2.48. The first-order chi connectivity index (χ1) is 15.7. The first-order valence-electron chi connectivity index (χ1n) is 11.9. The normalized spacial score (nSPS) is 23.9. The minimum atomic E-state index is -0.536. The zero-order valence-electron chi connectivity index (χ0n) is 18.6. The van der Waals surface area contributed by atoms with Crippen LogP contribution in [0, 0.1) is 0 Å². The molecule has 1 atom stereocenters. The van der Waals surface area contributed by atoms with Gasteiger partial charge in [-0.2, -0.15) is 0 Å². The molecule has 0 bridgehead atoms. The number of likely N-dealkylation sites (tertiary alicyclic amines) is 1. The quantitative estimate of drug-likeness (QED) is 0.769. The second-order valence-corrected chi connectivity index (χ2v) is 9.14. The molecule has 2 aromatic heterocycles. The lowest BCUT2D eigenvalue weighted by atomic mass is 9.83. The second kappa shape index (κ2) is 9.11. The van der Waals surface area contributed by atoms with E-state index < -0.39 is 5.54 Å². The molecule has 8 nitrogen and oxygen atoms in total. The van der Waals surface area contributed by atoms with Gasteiger partial charge in [0.05, 0.1) is 5.69 Å². The van der Waals surface area contributed by atoms with E-state index in [2.05, 4.69) is 14.8 Å². The van der Waals surface area contributed by atoms with E-state index in [1.165, 1.54) is 6.42 Å². The molecule has 0 unspecified atom stereocenters. The number of carbonyl (C=O) groups is 1. The largest absolute Gasteiger partial charge is 0.372 e. The van der Waals surface area contributed by atoms with Crippen LogP contribution >= 0.6 is 0 Å². The second-order valence-electron chi connectivity index (χ2n) is 9.14. The predicted octanol–water partition coefficient (Wildman–Crippen LogP) is 2.70. The number of nitrogens with zero attached hydrogens (tertiary/aromatic N) is 5. The number of amides is 1. The van der Waals surface area contributed by atoms with E-state index in [1.807, 2.05) is 18.3 Å². The van der Waals surface area contributed by atoms with Crippen molar-refractivity contribution in [1.82, 2.24) is 19.9 Å². The molecular formula is C24H32N6O2. The first kappa shape index (κ1) is 21.3. The van der Waals surface area contributed by atoms with E-state index >= 15 is 0 Å². The van der Waals surface area contributed by atoms with Gasteiger partial charge >= 0.3 is 0 Å². The minimum absolute atomic E-state index is 0.0113. The summed E-state index contributed by atoms with van der Waals surface area (Å²) in [5.41, 5.74) is 8.42. The number of pyridine rings is 1. The standard InChI is InChI=1S/C24H32N6O2/c25-22(31)24(30-12-2-1-3-13-30)8-14-29(15-9-24)23-27-17-19(18-6-10-26-11-7-18)21(28-23)20-5-4-16-32-20/h6-7,10-11,17,20H,1-5,8-9,12-16H2,(H2,25,31)/t20-/m0/s1. The molecule has 5 heterocycles. The molecule has 3 fully saturated rings. The van der Waals surface area contributed by atoms with Gasteiger partial charge in [-0.05, 0) is 69.3 Å². The van der Waals surface area contributed by atoms with Crippen molar-refractivity contribution in [3.8, 4) is 11.1 Å². The zero-order chi connectivity index (χ0) is 22.0. The summed E-state index contributed by atoms with van der Waals surface area (Å²) in [6.45, 7) is 4.13. The molecule has 8 heteroatoms. The number of piperidine rings is 2. The van der Waals surface area contributed by atoms with E-state index in [9.17, 15) is 4.79 Å². The Morgan fingerprint density at radius 3 is 2.47 bits per heavy atom. The fourth-order valence-corrected chi connectivity index (χ4v) is 5.45. The van der Waals surface area contributed by atoms with Crippen LogP contribution in [0.1, 0.15) is 56.7 Å². The maximum atomic E-state index is 12.6. The molecule has 3 aliphatic heterocycles. The lowest BCUT2D eigenvalue weighted by Crippen LogP contribution is -2.63. The molecule has 2 N–H and O–H groups in total. The maximum absolute atomic E-state index is 12.6. The van der Waals surface area contributed by atoms with Crippen LogP contribution in [0.2, 0.25) is 0 Å². The average molecular weight is 437 g/mol. The van der Waals surface area contributed by atoms with Crippen molar-refractivity contribution >= 4 is 11.9 Å². The highest BCUT2D eigenvalue weighted by Gasteiger charge is 2.45. The van der Waals surface area contributed by atoms with Gasteiger partial charge in [-0.25, -0.2) is 9.97 Å². The lowest BCUT2D eigenvalue weighted by molar-refractivity contribution is -0.132. The third-order valence-corrected chi connectivity index (χ3v) is 7.33. The molecule has 2 aromatic rings. The molecule has 3 aliphatic rings. The number of carbonyl (C=O) groups excluding carboxylic acids is 1. The van der Waals surface area contributed by atoms with Gasteiger partial charge in [0.1, 0.15) is 11.6 Å². The highest BCUT2D eigenvalue weighted by atomic mass is 16.5. The van der Waals surface area contributed by atoms with Crippen LogP contribution in [0.3, 0.4) is 0 Å². The van der Waals surface area contributed by atoms with Crippen molar-refractivity contribution in [2.45, 2.75) is 56.6 Å². The first-order valence-corrected chi connectivity index (χ1v) is 11.9. The molecular weight excluding hydrogens is 404 g/mol. The summed E-state index contributed by atoms with van der Waals surface area (Å²) in [6.07, 6.45) is 12.4. The van der Waals surface area contributed by atoms with Crippen molar-refractivity contribution in [2.24, 2.45) is 5.73 Å². The van der Waals surface area contributed by atoms with Crippen LogP contribution in [0.25, 0.3) is 11.1 Å². The van der Waals surface area contributed by atoms with Crippen molar-refractivity contribution in [2.75, 3.05) is 37.7 Å². The number of rotatable bonds is 5. The van der Waals surface area contributed by atoms with Crippen LogP contribution in [-0.4, -0.2) is 64.1 Å². The van der Waals surface area contributed by atoms with E-state index in [4.69, 9.17) is 20.4 Å². The summed E-state index contributed by atoms with van der Waals surface area (Å²) in [6, 6.07) is 3.97. The summed E-state index contributed by atoms with van der Waals surface area (Å²) in [4.78, 5) is 30.9. The highest BCUT2D eigenvalue weighted by molar-refractivity contribution is 5.85. The van der Waals surface area contributed by atoms with Crippen LogP contribution in [-0.2, 0) is 9.53 Å². The fourth-order valence-electron chi connectivity index (χ4n) is 5.45. The van der Waals surface area contributed by atoms with Crippen LogP contribution in [0.5, 0.6) is 0 Å². The molecule has 0 aromatic carbocycles. The monoisotopic (exact) mass is 436 g/mol. The van der Waals surface area contributed by atoms with Gasteiger partial charge in [-0.15, -0.1) is 0 Å². The van der Waals surface area contributed by atoms with E-state index in [0.29, 0.717) is 18.8 Å². The van der Waals surface area contributed by atoms with Crippen molar-refractivity contribution in [3.05, 3.63) is 36.4 Å². The summed E-state index contributed by atoms with van der Waals surface area (Å²) in [5, 5.41) is 0. The predicted molar refractivity (Wildman–Crippen MR) is 122 cm³/mol. The van der Waals surface area contributed by atoms with Crippen LogP contribution in [0.15, 0.2) is 30.7 Å². The molecule has 3 saturated heterocycles. The Morgan fingerprint density at radius 1 is 1.06 bits per heavy atom. The summed E-state index contributed by atoms with van der Waals surface area (Å²) in [5.74, 6) is 0.526. The van der Waals surface area contributed by atoms with Gasteiger partial charge in [0.25, 0.3) is 0 Å². The van der Waals surface area contributed by atoms with Gasteiger partial charge < -0.3 is 15.4 Å². The van der Waals surface area contributed by atoms with Gasteiger partial charge in [-0.3, -0.25) is 14.7 Å². The summed E-state index contributed by atoms with van der Waals surface area (Å²) in [7, 11) is 0. The molecule has 1 amide bonds. The molecule has 0 saturated carbocycles. The third kappa shape index (κ3) is 3.97. The summed E-state index contributed by atoms with van der Waals surface area (Å²) >= 11 is 0. The molecule has 5 rings (SSSR count). The maximum Gasteiger partial charge on any atom is 0.238 e. The fraction of sp³-hybridized carbons (Fsp3) is 0.583. The Hall–Kier alpha value is -2.58. The van der Waals surface area contributed by atoms with Gasteiger partial charge in [-0.1, -0.05) is 6.42 Å². The molecule has 0 spiro atoms. The number of primary amides is 1. The Bertz CT molecular complexity index is 933. The third-order valence-electron chi connectivity index (χ3n) is 7.33. The van der Waals surface area contributed by atoms with E-state index in [1.54, 1.807) is 12.4 Å². The Kier molecular flexibility index (Phi) is 6.06. The van der Waals surface area contributed by atoms with Crippen LogP contribution in [0.4, 0.5) is 5.95 Å². The average Bonchev–Trinajstić information content (AvgIpc) is 3.40. The summed E-state index contributed by atoms with van der Waals surface area (Å²) < 4.78 is 6.00. The highest BCUT2D eigenvalue weighted by Crippen LogP contribution is 2.36. The SMILES string of the molecule is NC(=O)C1(N2CCCCC2)CCN(c2ncc(-c3ccncc3)c([C@@H]3CCCO3)n2)CC1. The Labute approximate surface area is 189 Å².